The van der Waals surface area contributed by atoms with Crippen LogP contribution in [-0.4, -0.2) is 50.1 Å². The molecule has 4 heteroatoms. The summed E-state index contributed by atoms with van der Waals surface area (Å²) in [5.41, 5.74) is 0. The topological polar surface area (TPSA) is 44.4 Å². The number of likely N-dealkylation sites (tertiary alicyclic amines) is 1. The fourth-order valence-corrected chi connectivity index (χ4v) is 1.94. The molecule has 0 aromatic rings. The second kappa shape index (κ2) is 7.26. The molecule has 0 saturated carbocycles. The first-order valence-electron chi connectivity index (χ1n) is 5.89. The monoisotopic (exact) mass is 223 g/mol. The van der Waals surface area contributed by atoms with Crippen LogP contribution in [0.3, 0.4) is 0 Å². The van der Waals surface area contributed by atoms with E-state index in [9.17, 15) is 4.79 Å². The molecule has 0 aromatic heterocycles. The van der Waals surface area contributed by atoms with E-state index < -0.39 is 0 Å². The quantitative estimate of drug-likeness (QED) is 0.478. The van der Waals surface area contributed by atoms with Crippen LogP contribution in [-0.2, 0) is 4.79 Å². The van der Waals surface area contributed by atoms with Gasteiger partial charge in [0.05, 0.1) is 13.1 Å². The molecule has 1 saturated heterocycles. The largest absolute Gasteiger partial charge is 0.355 e. The maximum Gasteiger partial charge on any atom is 0.233 e. The fourth-order valence-electron chi connectivity index (χ4n) is 1.94. The fraction of sp³-hybridized carbons (Fsp3) is 0.750. The molecule has 0 aromatic carbocycles. The number of hydrogen-bond acceptors (Lipinski definition) is 3. The number of amides is 1. The van der Waals surface area contributed by atoms with Crippen molar-refractivity contribution in [2.75, 3.05) is 39.3 Å². The number of terminal acetylenes is 1. The molecule has 2 N–H and O–H groups in total. The number of rotatable bonds is 6. The third kappa shape index (κ3) is 4.65. The predicted molar refractivity (Wildman–Crippen MR) is 64.9 cm³/mol. The van der Waals surface area contributed by atoms with Crippen molar-refractivity contribution in [1.82, 2.24) is 15.5 Å². The van der Waals surface area contributed by atoms with Crippen molar-refractivity contribution in [2.45, 2.75) is 13.3 Å². The summed E-state index contributed by atoms with van der Waals surface area (Å²) in [5, 5.41) is 5.80. The molecule has 0 radical (unpaired) electrons. The zero-order chi connectivity index (χ0) is 11.8. The molecular formula is C12H21N3O. The normalized spacial score (nSPS) is 20.6. The van der Waals surface area contributed by atoms with Gasteiger partial charge in [-0.25, -0.2) is 0 Å². The van der Waals surface area contributed by atoms with E-state index >= 15 is 0 Å². The van der Waals surface area contributed by atoms with Crippen molar-refractivity contribution in [3.8, 4) is 12.3 Å². The first-order chi connectivity index (χ1) is 7.76. The molecule has 4 nitrogen and oxygen atoms in total. The standard InChI is InChI=1S/C12H21N3O/c1-3-6-13-9-12(16)14-8-11-5-7-15(4-2)10-11/h1,11,13H,4-10H2,2H3,(H,14,16). The van der Waals surface area contributed by atoms with E-state index in [0.717, 1.165) is 26.2 Å². The summed E-state index contributed by atoms with van der Waals surface area (Å²) in [6.45, 7) is 7.09. The number of carbonyl (C=O) groups excluding carboxylic acids is 1. The average Bonchev–Trinajstić information content (AvgIpc) is 2.74. The Labute approximate surface area is 97.8 Å². The van der Waals surface area contributed by atoms with Crippen LogP contribution in [0.2, 0.25) is 0 Å². The van der Waals surface area contributed by atoms with E-state index in [-0.39, 0.29) is 5.91 Å². The third-order valence-corrected chi connectivity index (χ3v) is 2.92. The maximum atomic E-state index is 11.4. The molecule has 90 valence electrons. The lowest BCUT2D eigenvalue weighted by molar-refractivity contribution is -0.120. The molecule has 0 spiro atoms. The molecule has 1 aliphatic heterocycles. The highest BCUT2D eigenvalue weighted by atomic mass is 16.1. The van der Waals surface area contributed by atoms with Crippen LogP contribution in [0.15, 0.2) is 0 Å². The summed E-state index contributed by atoms with van der Waals surface area (Å²) in [6, 6.07) is 0. The van der Waals surface area contributed by atoms with E-state index in [2.05, 4.69) is 28.4 Å². The first kappa shape index (κ1) is 13.0. The zero-order valence-corrected chi connectivity index (χ0v) is 9.96. The van der Waals surface area contributed by atoms with E-state index in [1.807, 2.05) is 0 Å². The molecule has 1 atom stereocenters. The second-order valence-corrected chi connectivity index (χ2v) is 4.16. The summed E-state index contributed by atoms with van der Waals surface area (Å²) in [7, 11) is 0. The summed E-state index contributed by atoms with van der Waals surface area (Å²) < 4.78 is 0. The first-order valence-corrected chi connectivity index (χ1v) is 5.89. The zero-order valence-electron chi connectivity index (χ0n) is 9.96. The summed E-state index contributed by atoms with van der Waals surface area (Å²) >= 11 is 0. The van der Waals surface area contributed by atoms with Crippen LogP contribution in [0.5, 0.6) is 0 Å². The Morgan fingerprint density at radius 2 is 2.44 bits per heavy atom. The van der Waals surface area contributed by atoms with Crippen molar-refractivity contribution in [3.05, 3.63) is 0 Å². The Morgan fingerprint density at radius 1 is 1.62 bits per heavy atom. The molecule has 1 aliphatic rings. The molecule has 1 fully saturated rings. The molecule has 1 rings (SSSR count). The Morgan fingerprint density at radius 3 is 3.06 bits per heavy atom. The van der Waals surface area contributed by atoms with Gasteiger partial charge >= 0.3 is 0 Å². The van der Waals surface area contributed by atoms with Gasteiger partial charge in [-0.05, 0) is 25.4 Å². The van der Waals surface area contributed by atoms with Gasteiger partial charge in [0.2, 0.25) is 5.91 Å². The molecule has 1 amide bonds. The second-order valence-electron chi connectivity index (χ2n) is 4.16. The van der Waals surface area contributed by atoms with Crippen molar-refractivity contribution in [2.24, 2.45) is 5.92 Å². The highest BCUT2D eigenvalue weighted by molar-refractivity contribution is 5.77. The minimum absolute atomic E-state index is 0.0326. The van der Waals surface area contributed by atoms with E-state index in [1.54, 1.807) is 0 Å². The smallest absolute Gasteiger partial charge is 0.233 e. The van der Waals surface area contributed by atoms with Crippen LogP contribution in [0.25, 0.3) is 0 Å². The van der Waals surface area contributed by atoms with Crippen molar-refractivity contribution >= 4 is 5.91 Å². The van der Waals surface area contributed by atoms with Gasteiger partial charge in [0.15, 0.2) is 0 Å². The Kier molecular flexibility index (Phi) is 5.91. The molecular weight excluding hydrogens is 202 g/mol. The summed E-state index contributed by atoms with van der Waals surface area (Å²) in [5.74, 6) is 3.08. The highest BCUT2D eigenvalue weighted by Gasteiger charge is 2.21. The number of hydrogen-bond donors (Lipinski definition) is 2. The van der Waals surface area contributed by atoms with Crippen LogP contribution < -0.4 is 10.6 Å². The SMILES string of the molecule is C#CCNCC(=O)NCC1CCN(CC)C1. The predicted octanol–water partition coefficient (Wildman–Crippen LogP) is -0.333. The van der Waals surface area contributed by atoms with Gasteiger partial charge in [0, 0.05) is 13.1 Å². The van der Waals surface area contributed by atoms with Gasteiger partial charge in [0.25, 0.3) is 0 Å². The lowest BCUT2D eigenvalue weighted by Gasteiger charge is -2.13. The van der Waals surface area contributed by atoms with E-state index in [4.69, 9.17) is 6.42 Å². The molecule has 0 aliphatic carbocycles. The third-order valence-electron chi connectivity index (χ3n) is 2.92. The molecule has 1 unspecified atom stereocenters. The molecule has 0 bridgehead atoms. The van der Waals surface area contributed by atoms with Gasteiger partial charge in [-0.15, -0.1) is 6.42 Å². The summed E-state index contributed by atoms with van der Waals surface area (Å²) in [6.07, 6.45) is 6.26. The van der Waals surface area contributed by atoms with Crippen LogP contribution in [0, 0.1) is 18.3 Å². The number of nitrogens with one attached hydrogen (secondary N) is 2. The minimum Gasteiger partial charge on any atom is -0.355 e. The summed E-state index contributed by atoms with van der Waals surface area (Å²) in [4.78, 5) is 13.8. The number of carbonyl (C=O) groups is 1. The maximum absolute atomic E-state index is 11.4. The van der Waals surface area contributed by atoms with Gasteiger partial charge in [-0.1, -0.05) is 12.8 Å². The van der Waals surface area contributed by atoms with Crippen molar-refractivity contribution < 1.29 is 4.79 Å². The van der Waals surface area contributed by atoms with Gasteiger partial charge in [0.1, 0.15) is 0 Å². The van der Waals surface area contributed by atoms with Crippen LogP contribution in [0.1, 0.15) is 13.3 Å². The minimum atomic E-state index is 0.0326. The lowest BCUT2D eigenvalue weighted by Crippen LogP contribution is -2.37. The van der Waals surface area contributed by atoms with Crippen molar-refractivity contribution in [1.29, 1.82) is 0 Å². The average molecular weight is 223 g/mol. The van der Waals surface area contributed by atoms with E-state index in [1.165, 1.54) is 6.42 Å². The van der Waals surface area contributed by atoms with Gasteiger partial charge < -0.3 is 10.2 Å². The van der Waals surface area contributed by atoms with Crippen molar-refractivity contribution in [3.63, 3.8) is 0 Å². The van der Waals surface area contributed by atoms with Gasteiger partial charge in [-0.3, -0.25) is 10.1 Å². The van der Waals surface area contributed by atoms with E-state index in [0.29, 0.717) is 19.0 Å². The Balaban J connectivity index is 2.06. The van der Waals surface area contributed by atoms with Gasteiger partial charge in [-0.2, -0.15) is 0 Å². The molecule has 16 heavy (non-hydrogen) atoms. The van der Waals surface area contributed by atoms with Crippen LogP contribution in [0.4, 0.5) is 0 Å². The Hall–Kier alpha value is -1.05. The lowest BCUT2D eigenvalue weighted by atomic mass is 10.1. The number of nitrogens with zero attached hydrogens (tertiary/aromatic N) is 1. The molecule has 1 heterocycles. The Bertz CT molecular complexity index is 259. The van der Waals surface area contributed by atoms with Crippen LogP contribution >= 0.6 is 0 Å². The highest BCUT2D eigenvalue weighted by Crippen LogP contribution is 2.14.